The van der Waals surface area contributed by atoms with Gasteiger partial charge in [-0.15, -0.1) is 0 Å². The molecule has 0 aliphatic carbocycles. The highest BCUT2D eigenvalue weighted by Crippen LogP contribution is 2.30. The second-order valence-electron chi connectivity index (χ2n) is 4.50. The van der Waals surface area contributed by atoms with Gasteiger partial charge in [-0.2, -0.15) is 0 Å². The minimum Gasteiger partial charge on any atom is -0.303 e. The summed E-state index contributed by atoms with van der Waals surface area (Å²) in [7, 11) is 2.24. The summed E-state index contributed by atoms with van der Waals surface area (Å²) in [5.41, 5.74) is 0.477. The van der Waals surface area contributed by atoms with Crippen molar-refractivity contribution >= 4 is 0 Å². The number of nitrogens with zero attached hydrogens (tertiary/aromatic N) is 1. The minimum atomic E-state index is 0.477. The highest BCUT2D eigenvalue weighted by atomic mass is 15.2. The SMILES string of the molecule is CN1CCCC1C(C)(C)C. The van der Waals surface area contributed by atoms with Crippen molar-refractivity contribution in [1.29, 1.82) is 0 Å². The third-order valence-electron chi connectivity index (χ3n) is 2.52. The Balaban J connectivity index is 2.55. The Hall–Kier alpha value is -0.0400. The first-order chi connectivity index (χ1) is 4.52. The Bertz CT molecular complexity index is 112. The maximum absolute atomic E-state index is 2.49. The first-order valence-corrected chi connectivity index (χ1v) is 4.22. The van der Waals surface area contributed by atoms with Gasteiger partial charge in [0, 0.05) is 6.04 Å². The average Bonchev–Trinajstić information content (AvgIpc) is 2.11. The van der Waals surface area contributed by atoms with Crippen LogP contribution >= 0.6 is 0 Å². The highest BCUT2D eigenvalue weighted by Gasteiger charge is 2.31. The molecule has 0 aromatic heterocycles. The monoisotopic (exact) mass is 141 g/mol. The molecule has 0 aromatic carbocycles. The first-order valence-electron chi connectivity index (χ1n) is 4.22. The van der Waals surface area contributed by atoms with E-state index in [0.717, 1.165) is 6.04 Å². The van der Waals surface area contributed by atoms with Crippen LogP contribution in [-0.4, -0.2) is 24.5 Å². The number of rotatable bonds is 0. The van der Waals surface area contributed by atoms with Gasteiger partial charge in [-0.1, -0.05) is 20.8 Å². The molecule has 0 saturated carbocycles. The molecule has 1 saturated heterocycles. The molecule has 0 bridgehead atoms. The van der Waals surface area contributed by atoms with Gasteiger partial charge in [-0.3, -0.25) is 0 Å². The Morgan fingerprint density at radius 3 is 2.10 bits per heavy atom. The molecule has 1 nitrogen and oxygen atoms in total. The van der Waals surface area contributed by atoms with Gasteiger partial charge in [-0.05, 0) is 31.8 Å². The molecule has 1 heterocycles. The molecule has 1 heteroatoms. The Morgan fingerprint density at radius 1 is 1.30 bits per heavy atom. The lowest BCUT2D eigenvalue weighted by Gasteiger charge is -2.32. The lowest BCUT2D eigenvalue weighted by Crippen LogP contribution is -2.36. The Kier molecular flexibility index (Phi) is 2.04. The maximum atomic E-state index is 2.49. The van der Waals surface area contributed by atoms with Crippen LogP contribution in [0.1, 0.15) is 33.6 Å². The van der Waals surface area contributed by atoms with Crippen LogP contribution < -0.4 is 0 Å². The molecule has 1 rings (SSSR count). The quantitative estimate of drug-likeness (QED) is 0.499. The summed E-state index contributed by atoms with van der Waals surface area (Å²) < 4.78 is 0. The van der Waals surface area contributed by atoms with Crippen molar-refractivity contribution in [3.63, 3.8) is 0 Å². The molecule has 60 valence electrons. The van der Waals surface area contributed by atoms with E-state index in [4.69, 9.17) is 0 Å². The Labute approximate surface area is 64.4 Å². The van der Waals surface area contributed by atoms with Crippen LogP contribution in [0.2, 0.25) is 0 Å². The third-order valence-corrected chi connectivity index (χ3v) is 2.52. The molecule has 0 aromatic rings. The van der Waals surface area contributed by atoms with Crippen molar-refractivity contribution in [2.45, 2.75) is 39.7 Å². The van der Waals surface area contributed by atoms with Gasteiger partial charge < -0.3 is 4.90 Å². The van der Waals surface area contributed by atoms with E-state index in [2.05, 4.69) is 32.7 Å². The number of hydrogen-bond donors (Lipinski definition) is 0. The van der Waals surface area contributed by atoms with Crippen molar-refractivity contribution in [3.8, 4) is 0 Å². The van der Waals surface area contributed by atoms with E-state index in [1.54, 1.807) is 0 Å². The zero-order valence-corrected chi connectivity index (χ0v) is 7.65. The van der Waals surface area contributed by atoms with Crippen molar-refractivity contribution in [2.75, 3.05) is 13.6 Å². The average molecular weight is 141 g/mol. The normalized spacial score (nSPS) is 29.4. The fourth-order valence-electron chi connectivity index (χ4n) is 2.00. The van der Waals surface area contributed by atoms with Crippen LogP contribution in [0.5, 0.6) is 0 Å². The molecule has 0 N–H and O–H groups in total. The zero-order valence-electron chi connectivity index (χ0n) is 7.65. The van der Waals surface area contributed by atoms with Crippen LogP contribution in [-0.2, 0) is 0 Å². The predicted molar refractivity (Wildman–Crippen MR) is 45.1 cm³/mol. The van der Waals surface area contributed by atoms with E-state index in [-0.39, 0.29) is 0 Å². The minimum absolute atomic E-state index is 0.477. The zero-order chi connectivity index (χ0) is 7.78. The third kappa shape index (κ3) is 1.51. The molecule has 0 amide bonds. The molecule has 1 fully saturated rings. The smallest absolute Gasteiger partial charge is 0.0141 e. The highest BCUT2D eigenvalue weighted by molar-refractivity contribution is 4.85. The summed E-state index contributed by atoms with van der Waals surface area (Å²) in [5, 5.41) is 0. The predicted octanol–water partition coefficient (Wildman–Crippen LogP) is 2.13. The molecule has 1 aliphatic heterocycles. The second-order valence-corrected chi connectivity index (χ2v) is 4.50. The second kappa shape index (κ2) is 2.54. The molecule has 0 spiro atoms. The van der Waals surface area contributed by atoms with Crippen LogP contribution in [0.4, 0.5) is 0 Å². The van der Waals surface area contributed by atoms with Crippen LogP contribution in [0.3, 0.4) is 0 Å². The Morgan fingerprint density at radius 2 is 1.90 bits per heavy atom. The van der Waals surface area contributed by atoms with Gasteiger partial charge in [0.1, 0.15) is 0 Å². The number of hydrogen-bond acceptors (Lipinski definition) is 1. The lowest BCUT2D eigenvalue weighted by molar-refractivity contribution is 0.169. The fraction of sp³-hybridized carbons (Fsp3) is 1.00. The summed E-state index contributed by atoms with van der Waals surface area (Å²) in [6, 6.07) is 0.812. The van der Waals surface area contributed by atoms with Crippen molar-refractivity contribution in [2.24, 2.45) is 5.41 Å². The summed E-state index contributed by atoms with van der Waals surface area (Å²) in [6.07, 6.45) is 2.78. The lowest BCUT2D eigenvalue weighted by atomic mass is 9.85. The summed E-state index contributed by atoms with van der Waals surface area (Å²) in [6.45, 7) is 8.29. The van der Waals surface area contributed by atoms with E-state index in [1.807, 2.05) is 0 Å². The molecule has 10 heavy (non-hydrogen) atoms. The van der Waals surface area contributed by atoms with E-state index in [0.29, 0.717) is 5.41 Å². The van der Waals surface area contributed by atoms with Crippen LogP contribution in [0.25, 0.3) is 0 Å². The van der Waals surface area contributed by atoms with Crippen molar-refractivity contribution in [1.82, 2.24) is 4.90 Å². The van der Waals surface area contributed by atoms with Gasteiger partial charge in [0.2, 0.25) is 0 Å². The van der Waals surface area contributed by atoms with E-state index in [9.17, 15) is 0 Å². The van der Waals surface area contributed by atoms with E-state index < -0.39 is 0 Å². The fourth-order valence-corrected chi connectivity index (χ4v) is 2.00. The van der Waals surface area contributed by atoms with Gasteiger partial charge in [0.05, 0.1) is 0 Å². The molecular formula is C9H19N. The topological polar surface area (TPSA) is 3.24 Å². The van der Waals surface area contributed by atoms with Crippen molar-refractivity contribution in [3.05, 3.63) is 0 Å². The molecular weight excluding hydrogens is 122 g/mol. The molecule has 1 aliphatic rings. The van der Waals surface area contributed by atoms with Gasteiger partial charge in [0.15, 0.2) is 0 Å². The largest absolute Gasteiger partial charge is 0.303 e. The standard InChI is InChI=1S/C9H19N/c1-9(2,3)8-6-5-7-10(8)4/h8H,5-7H2,1-4H3. The molecule has 1 unspecified atom stereocenters. The van der Waals surface area contributed by atoms with E-state index >= 15 is 0 Å². The van der Waals surface area contributed by atoms with Crippen LogP contribution in [0, 0.1) is 5.41 Å². The van der Waals surface area contributed by atoms with Gasteiger partial charge in [0.25, 0.3) is 0 Å². The van der Waals surface area contributed by atoms with E-state index in [1.165, 1.54) is 19.4 Å². The van der Waals surface area contributed by atoms with Crippen LogP contribution in [0.15, 0.2) is 0 Å². The maximum Gasteiger partial charge on any atom is 0.0141 e. The number of likely N-dealkylation sites (tertiary alicyclic amines) is 1. The van der Waals surface area contributed by atoms with Crippen molar-refractivity contribution < 1.29 is 0 Å². The summed E-state index contributed by atoms with van der Waals surface area (Å²) in [5.74, 6) is 0. The first kappa shape index (κ1) is 8.06. The van der Waals surface area contributed by atoms with Gasteiger partial charge in [-0.25, -0.2) is 0 Å². The van der Waals surface area contributed by atoms with Gasteiger partial charge >= 0.3 is 0 Å². The molecule has 1 atom stereocenters. The summed E-state index contributed by atoms with van der Waals surface area (Å²) in [4.78, 5) is 2.49. The summed E-state index contributed by atoms with van der Waals surface area (Å²) >= 11 is 0. The molecule has 0 radical (unpaired) electrons.